The third kappa shape index (κ3) is 4.61. The van der Waals surface area contributed by atoms with Gasteiger partial charge in [-0.1, -0.05) is 47.6 Å². The minimum absolute atomic E-state index is 0.349. The van der Waals surface area contributed by atoms with Crippen LogP contribution in [0.1, 0.15) is 11.1 Å². The van der Waals surface area contributed by atoms with E-state index in [9.17, 15) is 0 Å². The molecule has 21 heavy (non-hydrogen) atoms. The van der Waals surface area contributed by atoms with Crippen molar-refractivity contribution in [1.82, 2.24) is 0 Å². The molecule has 0 amide bonds. The van der Waals surface area contributed by atoms with E-state index >= 15 is 0 Å². The number of benzene rings is 2. The number of rotatable bonds is 7. The van der Waals surface area contributed by atoms with Crippen LogP contribution >= 0.6 is 0 Å². The van der Waals surface area contributed by atoms with Crippen molar-refractivity contribution in [2.24, 2.45) is 5.16 Å². The molecule has 0 bridgehead atoms. The first-order valence-electron chi connectivity index (χ1n) is 6.69. The molecule has 0 aliphatic rings. The highest BCUT2D eigenvalue weighted by atomic mass is 16.6. The first kappa shape index (κ1) is 15.1. The Morgan fingerprint density at radius 1 is 0.952 bits per heavy atom. The SMILES string of the molecule is COCc1ccc(OC/C(=N\OC)c2ccccc2)cc1. The van der Waals surface area contributed by atoms with Crippen molar-refractivity contribution in [3.8, 4) is 5.75 Å². The first-order valence-corrected chi connectivity index (χ1v) is 6.69. The third-order valence-electron chi connectivity index (χ3n) is 2.92. The van der Waals surface area contributed by atoms with Crippen molar-refractivity contribution < 1.29 is 14.3 Å². The number of methoxy groups -OCH3 is 1. The van der Waals surface area contributed by atoms with E-state index in [1.165, 1.54) is 7.11 Å². The van der Waals surface area contributed by atoms with E-state index in [0.29, 0.717) is 13.2 Å². The zero-order valence-electron chi connectivity index (χ0n) is 12.3. The van der Waals surface area contributed by atoms with Crippen molar-refractivity contribution in [1.29, 1.82) is 0 Å². The molecule has 0 fully saturated rings. The molecule has 2 aromatic rings. The monoisotopic (exact) mass is 285 g/mol. The average Bonchev–Trinajstić information content (AvgIpc) is 2.54. The Hall–Kier alpha value is -2.33. The summed E-state index contributed by atoms with van der Waals surface area (Å²) in [6.45, 7) is 0.947. The van der Waals surface area contributed by atoms with Crippen LogP contribution in [0.4, 0.5) is 0 Å². The van der Waals surface area contributed by atoms with Crippen LogP contribution < -0.4 is 4.74 Å². The van der Waals surface area contributed by atoms with Gasteiger partial charge in [0.05, 0.1) is 6.61 Å². The van der Waals surface area contributed by atoms with E-state index in [1.54, 1.807) is 7.11 Å². The lowest BCUT2D eigenvalue weighted by Gasteiger charge is -2.09. The average molecular weight is 285 g/mol. The molecule has 0 saturated carbocycles. The Morgan fingerprint density at radius 2 is 1.67 bits per heavy atom. The number of oxime groups is 1. The quantitative estimate of drug-likeness (QED) is 0.579. The van der Waals surface area contributed by atoms with Crippen molar-refractivity contribution in [3.05, 3.63) is 65.7 Å². The van der Waals surface area contributed by atoms with Gasteiger partial charge in [0, 0.05) is 12.7 Å². The van der Waals surface area contributed by atoms with Crippen molar-refractivity contribution in [2.75, 3.05) is 20.8 Å². The zero-order chi connectivity index (χ0) is 14.9. The van der Waals surface area contributed by atoms with Gasteiger partial charge in [-0.2, -0.15) is 0 Å². The van der Waals surface area contributed by atoms with E-state index in [0.717, 1.165) is 22.6 Å². The number of ether oxygens (including phenoxy) is 2. The lowest BCUT2D eigenvalue weighted by Crippen LogP contribution is -2.13. The molecule has 0 aliphatic heterocycles. The normalized spacial score (nSPS) is 11.2. The summed E-state index contributed by atoms with van der Waals surface area (Å²) in [6.07, 6.45) is 0. The van der Waals surface area contributed by atoms with Gasteiger partial charge in [-0.05, 0) is 17.7 Å². The van der Waals surface area contributed by atoms with Crippen LogP contribution in [0, 0.1) is 0 Å². The molecule has 4 nitrogen and oxygen atoms in total. The predicted octanol–water partition coefficient (Wildman–Crippen LogP) is 3.26. The first-order chi connectivity index (χ1) is 10.3. The van der Waals surface area contributed by atoms with Crippen LogP contribution in [-0.2, 0) is 16.2 Å². The molecule has 0 radical (unpaired) electrons. The topological polar surface area (TPSA) is 40.0 Å². The van der Waals surface area contributed by atoms with Crippen LogP contribution in [0.5, 0.6) is 5.75 Å². The molecule has 0 spiro atoms. The molecular formula is C17H19NO3. The Bertz CT molecular complexity index is 564. The lowest BCUT2D eigenvalue weighted by atomic mass is 10.1. The molecule has 0 atom stereocenters. The minimum atomic E-state index is 0.349. The number of hydrogen-bond acceptors (Lipinski definition) is 4. The molecule has 110 valence electrons. The second-order valence-electron chi connectivity index (χ2n) is 4.45. The summed E-state index contributed by atoms with van der Waals surface area (Å²) >= 11 is 0. The van der Waals surface area contributed by atoms with E-state index < -0.39 is 0 Å². The zero-order valence-corrected chi connectivity index (χ0v) is 12.3. The summed E-state index contributed by atoms with van der Waals surface area (Å²) in [5.74, 6) is 0.787. The van der Waals surface area contributed by atoms with E-state index in [4.69, 9.17) is 14.3 Å². The summed E-state index contributed by atoms with van der Waals surface area (Å²) < 4.78 is 10.8. The summed E-state index contributed by atoms with van der Waals surface area (Å²) in [5.41, 5.74) is 2.84. The van der Waals surface area contributed by atoms with E-state index in [2.05, 4.69) is 5.16 Å². The second kappa shape index (κ2) is 8.07. The number of hydrogen-bond donors (Lipinski definition) is 0. The largest absolute Gasteiger partial charge is 0.487 e. The molecule has 0 unspecified atom stereocenters. The Morgan fingerprint density at radius 3 is 2.29 bits per heavy atom. The van der Waals surface area contributed by atoms with Gasteiger partial charge in [-0.25, -0.2) is 0 Å². The van der Waals surface area contributed by atoms with Gasteiger partial charge < -0.3 is 14.3 Å². The van der Waals surface area contributed by atoms with Gasteiger partial charge in [0.1, 0.15) is 25.2 Å². The molecule has 0 heterocycles. The van der Waals surface area contributed by atoms with Crippen molar-refractivity contribution in [2.45, 2.75) is 6.61 Å². The molecule has 4 heteroatoms. The van der Waals surface area contributed by atoms with Crippen LogP contribution in [0.3, 0.4) is 0 Å². The minimum Gasteiger partial charge on any atom is -0.487 e. The summed E-state index contributed by atoms with van der Waals surface area (Å²) in [5, 5.41) is 4.03. The van der Waals surface area contributed by atoms with Crippen LogP contribution in [0.25, 0.3) is 0 Å². The Labute approximate surface area is 125 Å². The highest BCUT2D eigenvalue weighted by molar-refractivity contribution is 6.01. The molecular weight excluding hydrogens is 266 g/mol. The van der Waals surface area contributed by atoms with Gasteiger partial charge >= 0.3 is 0 Å². The van der Waals surface area contributed by atoms with Crippen LogP contribution in [0.15, 0.2) is 59.8 Å². The van der Waals surface area contributed by atoms with Gasteiger partial charge in [-0.15, -0.1) is 0 Å². The highest BCUT2D eigenvalue weighted by Crippen LogP contribution is 2.13. The maximum Gasteiger partial charge on any atom is 0.134 e. The second-order valence-corrected chi connectivity index (χ2v) is 4.45. The van der Waals surface area contributed by atoms with Gasteiger partial charge in [0.25, 0.3) is 0 Å². The number of nitrogens with zero attached hydrogens (tertiary/aromatic N) is 1. The fourth-order valence-electron chi connectivity index (χ4n) is 1.90. The van der Waals surface area contributed by atoms with Crippen molar-refractivity contribution >= 4 is 5.71 Å². The fourth-order valence-corrected chi connectivity index (χ4v) is 1.90. The maximum atomic E-state index is 5.76. The highest BCUT2D eigenvalue weighted by Gasteiger charge is 2.05. The fraction of sp³-hybridized carbons (Fsp3) is 0.235. The molecule has 0 aromatic heterocycles. The van der Waals surface area contributed by atoms with Gasteiger partial charge in [-0.3, -0.25) is 0 Å². The smallest absolute Gasteiger partial charge is 0.134 e. The molecule has 2 aromatic carbocycles. The predicted molar refractivity (Wildman–Crippen MR) is 82.6 cm³/mol. The third-order valence-corrected chi connectivity index (χ3v) is 2.92. The van der Waals surface area contributed by atoms with E-state index in [1.807, 2.05) is 54.6 Å². The van der Waals surface area contributed by atoms with Crippen LogP contribution in [0.2, 0.25) is 0 Å². The van der Waals surface area contributed by atoms with Crippen LogP contribution in [-0.4, -0.2) is 26.5 Å². The summed E-state index contributed by atoms with van der Waals surface area (Å²) in [6, 6.07) is 17.6. The maximum absolute atomic E-state index is 5.76. The summed E-state index contributed by atoms with van der Waals surface area (Å²) in [4.78, 5) is 4.89. The molecule has 2 rings (SSSR count). The summed E-state index contributed by atoms with van der Waals surface area (Å²) in [7, 11) is 3.21. The standard InChI is InChI=1S/C17H19NO3/c1-19-12-14-8-10-16(11-9-14)21-13-17(18-20-2)15-6-4-3-5-7-15/h3-11H,12-13H2,1-2H3/b18-17+. The van der Waals surface area contributed by atoms with Gasteiger partial charge in [0.2, 0.25) is 0 Å². The molecule has 0 N–H and O–H groups in total. The van der Waals surface area contributed by atoms with Crippen molar-refractivity contribution in [3.63, 3.8) is 0 Å². The molecule has 0 aliphatic carbocycles. The van der Waals surface area contributed by atoms with Gasteiger partial charge in [0.15, 0.2) is 0 Å². The van der Waals surface area contributed by atoms with E-state index in [-0.39, 0.29) is 0 Å². The Kier molecular flexibility index (Phi) is 5.79. The molecule has 0 saturated heterocycles. The lowest BCUT2D eigenvalue weighted by molar-refractivity contribution is 0.185. The Balaban J connectivity index is 2.01.